The Morgan fingerprint density at radius 1 is 1.58 bits per heavy atom. The SMILES string of the molecule is COc1nc(C(=O)NSO)ccc1Cn1cccn1. The summed E-state index contributed by atoms with van der Waals surface area (Å²) in [4.78, 5) is 15.6. The lowest BCUT2D eigenvalue weighted by Gasteiger charge is -2.09. The molecule has 2 N–H and O–H groups in total. The van der Waals surface area contributed by atoms with Gasteiger partial charge in [-0.25, -0.2) is 4.98 Å². The van der Waals surface area contributed by atoms with Gasteiger partial charge in [-0.05, 0) is 18.2 Å². The summed E-state index contributed by atoms with van der Waals surface area (Å²) in [5.41, 5.74) is 0.974. The minimum absolute atomic E-state index is 0.169. The summed E-state index contributed by atoms with van der Waals surface area (Å²) in [6.07, 6.45) is 3.50. The molecule has 0 aliphatic rings. The highest BCUT2D eigenvalue weighted by atomic mass is 32.2. The highest BCUT2D eigenvalue weighted by molar-refractivity contribution is 7.92. The van der Waals surface area contributed by atoms with Crippen molar-refractivity contribution in [3.63, 3.8) is 0 Å². The van der Waals surface area contributed by atoms with Gasteiger partial charge in [0.25, 0.3) is 5.91 Å². The first-order valence-corrected chi connectivity index (χ1v) is 6.14. The highest BCUT2D eigenvalue weighted by Gasteiger charge is 2.12. The Balaban J connectivity index is 2.23. The largest absolute Gasteiger partial charge is 0.481 e. The molecule has 0 aromatic carbocycles. The van der Waals surface area contributed by atoms with E-state index in [9.17, 15) is 4.79 Å². The average molecular weight is 280 g/mol. The van der Waals surface area contributed by atoms with Crippen molar-refractivity contribution >= 4 is 18.1 Å². The van der Waals surface area contributed by atoms with Crippen molar-refractivity contribution in [3.05, 3.63) is 41.9 Å². The summed E-state index contributed by atoms with van der Waals surface area (Å²) in [5, 5.41) is 4.09. The van der Waals surface area contributed by atoms with Gasteiger partial charge in [-0.2, -0.15) is 5.10 Å². The number of hydrogen-bond donors (Lipinski definition) is 2. The standard InChI is InChI=1S/C11H12N4O3S/c1-18-11-8(7-15-6-2-5-12-15)3-4-9(13-11)10(16)14-19-17/h2-6,17H,7H2,1H3,(H,14,16). The normalized spacial score (nSPS) is 10.2. The molecule has 7 nitrogen and oxygen atoms in total. The van der Waals surface area contributed by atoms with Gasteiger partial charge in [-0.15, -0.1) is 0 Å². The van der Waals surface area contributed by atoms with E-state index in [-0.39, 0.29) is 17.9 Å². The summed E-state index contributed by atoms with van der Waals surface area (Å²) in [6.45, 7) is 0.500. The second kappa shape index (κ2) is 6.21. The van der Waals surface area contributed by atoms with Gasteiger partial charge in [0.1, 0.15) is 17.9 Å². The molecule has 8 heteroatoms. The lowest BCUT2D eigenvalue weighted by Crippen LogP contribution is -2.17. The Kier molecular flexibility index (Phi) is 4.37. The van der Waals surface area contributed by atoms with Crippen LogP contribution in [0.4, 0.5) is 0 Å². The zero-order chi connectivity index (χ0) is 13.7. The zero-order valence-electron chi connectivity index (χ0n) is 10.1. The Bertz CT molecular complexity index is 559. The lowest BCUT2D eigenvalue weighted by molar-refractivity contribution is 0.0977. The fourth-order valence-corrected chi connectivity index (χ4v) is 1.74. The molecule has 0 unspecified atom stereocenters. The van der Waals surface area contributed by atoms with Crippen LogP contribution in [0.2, 0.25) is 0 Å². The summed E-state index contributed by atoms with van der Waals surface area (Å²) < 4.78 is 17.6. The molecule has 2 rings (SSSR count). The van der Waals surface area contributed by atoms with Gasteiger partial charge in [-0.3, -0.25) is 14.2 Å². The van der Waals surface area contributed by atoms with E-state index in [1.54, 1.807) is 23.0 Å². The maximum Gasteiger partial charge on any atom is 0.281 e. The molecular weight excluding hydrogens is 268 g/mol. The molecule has 0 aliphatic heterocycles. The third-order valence-electron chi connectivity index (χ3n) is 2.39. The summed E-state index contributed by atoms with van der Waals surface area (Å²) in [7, 11) is 1.48. The fourth-order valence-electron chi connectivity index (χ4n) is 1.56. The number of hydrogen-bond acceptors (Lipinski definition) is 6. The van der Waals surface area contributed by atoms with E-state index in [2.05, 4.69) is 14.8 Å². The molecule has 0 fully saturated rings. The number of aromatic nitrogens is 3. The van der Waals surface area contributed by atoms with Crippen LogP contribution in [0.3, 0.4) is 0 Å². The number of nitrogens with zero attached hydrogens (tertiary/aromatic N) is 3. The van der Waals surface area contributed by atoms with E-state index in [4.69, 9.17) is 9.29 Å². The van der Waals surface area contributed by atoms with Gasteiger partial charge in [0, 0.05) is 18.0 Å². The predicted octanol–water partition coefficient (Wildman–Crippen LogP) is 1.19. The predicted molar refractivity (Wildman–Crippen MR) is 69.8 cm³/mol. The summed E-state index contributed by atoms with van der Waals surface area (Å²) >= 11 is 0.232. The number of rotatable bonds is 5. The number of ether oxygens (including phenoxy) is 1. The van der Waals surface area contributed by atoms with E-state index in [0.29, 0.717) is 12.4 Å². The third-order valence-corrected chi connectivity index (χ3v) is 2.67. The van der Waals surface area contributed by atoms with Crippen LogP contribution in [-0.2, 0) is 6.54 Å². The molecule has 19 heavy (non-hydrogen) atoms. The summed E-state index contributed by atoms with van der Waals surface area (Å²) in [5.74, 6) is -0.137. The van der Waals surface area contributed by atoms with Crippen molar-refractivity contribution in [1.29, 1.82) is 0 Å². The van der Waals surface area contributed by atoms with Gasteiger partial charge < -0.3 is 9.29 Å². The van der Waals surface area contributed by atoms with E-state index >= 15 is 0 Å². The first-order valence-electron chi connectivity index (χ1n) is 5.36. The van der Waals surface area contributed by atoms with Crippen LogP contribution in [0.15, 0.2) is 30.6 Å². The zero-order valence-corrected chi connectivity index (χ0v) is 10.9. The second-order valence-electron chi connectivity index (χ2n) is 3.59. The highest BCUT2D eigenvalue weighted by Crippen LogP contribution is 2.17. The fraction of sp³-hybridized carbons (Fsp3) is 0.182. The van der Waals surface area contributed by atoms with Crippen molar-refractivity contribution in [2.75, 3.05) is 7.11 Å². The van der Waals surface area contributed by atoms with Crippen molar-refractivity contribution in [2.24, 2.45) is 0 Å². The van der Waals surface area contributed by atoms with Gasteiger partial charge in [0.05, 0.1) is 13.7 Å². The molecule has 2 heterocycles. The van der Waals surface area contributed by atoms with E-state index in [0.717, 1.165) is 5.56 Å². The molecule has 0 aliphatic carbocycles. The molecule has 2 aromatic rings. The van der Waals surface area contributed by atoms with Crippen molar-refractivity contribution in [2.45, 2.75) is 6.54 Å². The molecule has 0 spiro atoms. The Morgan fingerprint density at radius 3 is 3.05 bits per heavy atom. The van der Waals surface area contributed by atoms with E-state index in [1.165, 1.54) is 7.11 Å². The second-order valence-corrected chi connectivity index (χ2v) is 3.98. The van der Waals surface area contributed by atoms with Gasteiger partial charge in [-0.1, -0.05) is 0 Å². The number of methoxy groups -OCH3 is 1. The van der Waals surface area contributed by atoms with Crippen LogP contribution in [0, 0.1) is 0 Å². The van der Waals surface area contributed by atoms with Crippen molar-refractivity contribution < 1.29 is 14.1 Å². The topological polar surface area (TPSA) is 89.3 Å². The van der Waals surface area contributed by atoms with E-state index < -0.39 is 5.91 Å². The molecule has 1 amide bonds. The molecule has 0 bridgehead atoms. The van der Waals surface area contributed by atoms with Crippen LogP contribution in [0.25, 0.3) is 0 Å². The number of carbonyl (C=O) groups excluding carboxylic acids is 1. The van der Waals surface area contributed by atoms with Crippen molar-refractivity contribution in [1.82, 2.24) is 19.5 Å². The summed E-state index contributed by atoms with van der Waals surface area (Å²) in [6, 6.07) is 5.12. The third kappa shape index (κ3) is 3.24. The molecule has 0 saturated heterocycles. The maximum absolute atomic E-state index is 11.5. The maximum atomic E-state index is 11.5. The molecule has 0 radical (unpaired) electrons. The van der Waals surface area contributed by atoms with Crippen LogP contribution in [-0.4, -0.2) is 32.3 Å². The average Bonchev–Trinajstić information content (AvgIpc) is 2.92. The minimum atomic E-state index is -0.489. The van der Waals surface area contributed by atoms with Gasteiger partial charge >= 0.3 is 0 Å². The number of amides is 1. The minimum Gasteiger partial charge on any atom is -0.481 e. The number of pyridine rings is 1. The van der Waals surface area contributed by atoms with Crippen LogP contribution >= 0.6 is 12.2 Å². The molecule has 0 atom stereocenters. The monoisotopic (exact) mass is 280 g/mol. The molecule has 2 aromatic heterocycles. The first-order chi connectivity index (χ1) is 9.24. The number of nitrogens with one attached hydrogen (secondary N) is 1. The smallest absolute Gasteiger partial charge is 0.281 e. The Labute approximate surface area is 113 Å². The molecule has 100 valence electrons. The first kappa shape index (κ1) is 13.4. The van der Waals surface area contributed by atoms with Crippen LogP contribution in [0.5, 0.6) is 5.88 Å². The van der Waals surface area contributed by atoms with Crippen molar-refractivity contribution in [3.8, 4) is 5.88 Å². The Morgan fingerprint density at radius 2 is 2.42 bits per heavy atom. The Hall–Kier alpha value is -2.06. The molecule has 0 saturated carbocycles. The molecular formula is C11H12N4O3S. The quantitative estimate of drug-likeness (QED) is 0.631. The van der Waals surface area contributed by atoms with Gasteiger partial charge in [0.2, 0.25) is 5.88 Å². The lowest BCUT2D eigenvalue weighted by atomic mass is 10.2. The number of carbonyl (C=O) groups is 1. The van der Waals surface area contributed by atoms with Gasteiger partial charge in [0.15, 0.2) is 0 Å². The van der Waals surface area contributed by atoms with Crippen LogP contribution < -0.4 is 9.46 Å². The van der Waals surface area contributed by atoms with Crippen LogP contribution in [0.1, 0.15) is 16.1 Å². The van der Waals surface area contributed by atoms with E-state index in [1.807, 2.05) is 12.3 Å².